The van der Waals surface area contributed by atoms with E-state index in [-0.39, 0.29) is 6.54 Å². The molecule has 1 unspecified atom stereocenters. The maximum Gasteiger partial charge on any atom is 0.417 e. The van der Waals surface area contributed by atoms with E-state index in [9.17, 15) is 13.6 Å². The molecule has 2 N–H and O–H groups in total. The van der Waals surface area contributed by atoms with E-state index in [1.54, 1.807) is 16.8 Å². The number of H-pyrrole nitrogens is 1. The number of oxazole rings is 1. The van der Waals surface area contributed by atoms with Crippen molar-refractivity contribution in [3.05, 3.63) is 76.4 Å². The quantitative estimate of drug-likeness (QED) is 0.370. The fourth-order valence-electron chi connectivity index (χ4n) is 3.79. The number of anilines is 2. The highest BCUT2D eigenvalue weighted by Gasteiger charge is 2.13. The molecule has 10 nitrogen and oxygen atoms in total. The number of aromatic nitrogens is 4. The third kappa shape index (κ3) is 4.04. The summed E-state index contributed by atoms with van der Waals surface area (Å²) in [6.45, 7) is 2.10. The maximum atomic E-state index is 11.5. The van der Waals surface area contributed by atoms with Crippen LogP contribution in [0.4, 0.5) is 11.6 Å². The van der Waals surface area contributed by atoms with Crippen molar-refractivity contribution < 1.29 is 13.2 Å². The summed E-state index contributed by atoms with van der Waals surface area (Å²) in [5.74, 6) is -0.156. The van der Waals surface area contributed by atoms with Crippen LogP contribution in [-0.2, 0) is 17.8 Å². The van der Waals surface area contributed by atoms with Crippen LogP contribution in [0.3, 0.4) is 0 Å². The zero-order valence-corrected chi connectivity index (χ0v) is 18.5. The molecule has 0 aliphatic rings. The Morgan fingerprint density at radius 3 is 2.88 bits per heavy atom. The second-order valence-electron chi connectivity index (χ2n) is 7.60. The van der Waals surface area contributed by atoms with Crippen LogP contribution in [0.5, 0.6) is 0 Å². The Bertz CT molecular complexity index is 1570. The molecule has 168 valence electrons. The highest BCUT2D eigenvalue weighted by Crippen LogP contribution is 2.28. The van der Waals surface area contributed by atoms with Gasteiger partial charge in [-0.1, -0.05) is 24.3 Å². The molecule has 0 aliphatic carbocycles. The predicted octanol–water partition coefficient (Wildman–Crippen LogP) is 3.11. The molecule has 1 atom stereocenters. The third-order valence-electron chi connectivity index (χ3n) is 5.32. The van der Waals surface area contributed by atoms with Crippen LogP contribution < -0.4 is 11.1 Å². The molecule has 0 spiro atoms. The molecule has 3 heterocycles. The Labute approximate surface area is 190 Å². The maximum absolute atomic E-state index is 11.5. The fraction of sp³-hybridized carbons (Fsp3) is 0.136. The van der Waals surface area contributed by atoms with Gasteiger partial charge >= 0.3 is 5.76 Å². The van der Waals surface area contributed by atoms with E-state index >= 15 is 0 Å². The number of hydrogen-bond donors (Lipinski definition) is 2. The Balaban J connectivity index is 1.53. The second-order valence-corrected chi connectivity index (χ2v) is 8.66. The lowest BCUT2D eigenvalue weighted by molar-refractivity contribution is 0.431. The summed E-state index contributed by atoms with van der Waals surface area (Å²) in [5, 5.41) is 7.80. The molecule has 3 aromatic heterocycles. The number of aromatic amines is 1. The van der Waals surface area contributed by atoms with Crippen LogP contribution in [0.25, 0.3) is 27.9 Å². The minimum absolute atomic E-state index is 0.233. The van der Waals surface area contributed by atoms with E-state index < -0.39 is 17.0 Å². The first kappa shape index (κ1) is 21.1. The van der Waals surface area contributed by atoms with Crippen molar-refractivity contribution in [1.29, 1.82) is 0 Å². The first-order valence-corrected chi connectivity index (χ1v) is 11.1. The van der Waals surface area contributed by atoms with Crippen LogP contribution in [0, 0.1) is 6.92 Å². The zero-order valence-electron chi connectivity index (χ0n) is 17.7. The van der Waals surface area contributed by atoms with Crippen LogP contribution in [-0.4, -0.2) is 39.7 Å². The van der Waals surface area contributed by atoms with Crippen LogP contribution >= 0.6 is 0 Å². The number of benzene rings is 2. The minimum atomic E-state index is -2.32. The van der Waals surface area contributed by atoms with E-state index in [0.717, 1.165) is 27.9 Å². The molecule has 0 amide bonds. The molecule has 33 heavy (non-hydrogen) atoms. The van der Waals surface area contributed by atoms with E-state index in [1.165, 1.54) is 11.4 Å². The molecule has 0 saturated heterocycles. The van der Waals surface area contributed by atoms with Gasteiger partial charge in [-0.05, 0) is 43.3 Å². The molecular weight excluding hydrogens is 444 g/mol. The predicted molar refractivity (Wildman–Crippen MR) is 124 cm³/mol. The summed E-state index contributed by atoms with van der Waals surface area (Å²) >= 11 is -2.32. The molecule has 0 radical (unpaired) electrons. The molecule has 0 saturated carbocycles. The van der Waals surface area contributed by atoms with Gasteiger partial charge in [-0.3, -0.25) is 9.19 Å². The average Bonchev–Trinajstić information content (AvgIpc) is 3.37. The molecule has 0 fully saturated rings. The highest BCUT2D eigenvalue weighted by molar-refractivity contribution is 7.76. The summed E-state index contributed by atoms with van der Waals surface area (Å²) in [6.07, 6.45) is 1.70. The van der Waals surface area contributed by atoms with Crippen molar-refractivity contribution in [3.8, 4) is 11.3 Å². The summed E-state index contributed by atoms with van der Waals surface area (Å²) < 4.78 is 30.8. The smallest absolute Gasteiger partial charge is 0.417 e. The van der Waals surface area contributed by atoms with E-state index in [4.69, 9.17) is 4.42 Å². The lowest BCUT2D eigenvalue weighted by Crippen LogP contribution is -2.20. The molecular formula is C22H19N6O4S-. The van der Waals surface area contributed by atoms with E-state index in [0.29, 0.717) is 22.7 Å². The van der Waals surface area contributed by atoms with Crippen molar-refractivity contribution in [1.82, 2.24) is 23.9 Å². The number of fused-ring (bicyclic) bond motifs is 2. The first-order valence-electron chi connectivity index (χ1n) is 10.0. The van der Waals surface area contributed by atoms with E-state index in [2.05, 4.69) is 20.4 Å². The first-order chi connectivity index (χ1) is 15.9. The lowest BCUT2D eigenvalue weighted by Gasteiger charge is -2.20. The second kappa shape index (κ2) is 8.28. The topological polar surface area (TPSA) is 132 Å². The Kier molecular flexibility index (Phi) is 5.29. The standard InChI is InChI=1S/C22H20N6O4S/c1-13-9-15(10-19-20(13)25-22(29)32-19)24-21-23-11-16-7-8-18(28(16)26-21)17-6-4-3-5-14(17)12-27(2)33(30)31/h3-11H,12H2,1-2H3,(H,24,26)(H,25,29)(H,30,31)/p-1. The minimum Gasteiger partial charge on any atom is -0.760 e. The van der Waals surface area contributed by atoms with Gasteiger partial charge in [-0.2, -0.15) is 0 Å². The van der Waals surface area contributed by atoms with Crippen molar-refractivity contribution >= 4 is 39.5 Å². The molecule has 0 bridgehead atoms. The van der Waals surface area contributed by atoms with Crippen LogP contribution in [0.2, 0.25) is 0 Å². The summed E-state index contributed by atoms with van der Waals surface area (Å²) in [7, 11) is 1.52. The number of aryl methyl sites for hydroxylation is 1. The van der Waals surface area contributed by atoms with Gasteiger partial charge in [-0.15, -0.1) is 5.10 Å². The number of nitrogens with zero attached hydrogens (tertiary/aromatic N) is 4. The molecule has 0 aliphatic heterocycles. The van der Waals surface area contributed by atoms with Gasteiger partial charge in [0, 0.05) is 35.1 Å². The van der Waals surface area contributed by atoms with Gasteiger partial charge in [0.1, 0.15) is 0 Å². The van der Waals surface area contributed by atoms with Crippen molar-refractivity contribution in [3.63, 3.8) is 0 Å². The molecule has 2 aromatic carbocycles. The fourth-order valence-corrected chi connectivity index (χ4v) is 4.03. The third-order valence-corrected chi connectivity index (χ3v) is 5.96. The van der Waals surface area contributed by atoms with Gasteiger partial charge in [0.2, 0.25) is 5.95 Å². The van der Waals surface area contributed by atoms with Crippen LogP contribution in [0.1, 0.15) is 11.1 Å². The largest absolute Gasteiger partial charge is 0.760 e. The van der Waals surface area contributed by atoms with Gasteiger partial charge in [0.25, 0.3) is 0 Å². The lowest BCUT2D eigenvalue weighted by atomic mass is 10.0. The summed E-state index contributed by atoms with van der Waals surface area (Å²) in [5.41, 5.74) is 5.92. The normalized spacial score (nSPS) is 12.6. The van der Waals surface area contributed by atoms with E-state index in [1.807, 2.05) is 49.4 Å². The van der Waals surface area contributed by atoms with Crippen molar-refractivity contribution in [2.45, 2.75) is 13.5 Å². The monoisotopic (exact) mass is 463 g/mol. The van der Waals surface area contributed by atoms with Gasteiger partial charge < -0.3 is 14.3 Å². The molecule has 5 rings (SSSR count). The number of rotatable bonds is 6. The van der Waals surface area contributed by atoms with Crippen LogP contribution in [0.15, 0.2) is 63.9 Å². The Morgan fingerprint density at radius 2 is 2.06 bits per heavy atom. The van der Waals surface area contributed by atoms with Gasteiger partial charge in [0.15, 0.2) is 5.58 Å². The number of hydrogen-bond acceptors (Lipinski definition) is 7. The molecule has 11 heteroatoms. The van der Waals surface area contributed by atoms with Crippen molar-refractivity contribution in [2.24, 2.45) is 0 Å². The van der Waals surface area contributed by atoms with Gasteiger partial charge in [-0.25, -0.2) is 18.6 Å². The summed E-state index contributed by atoms with van der Waals surface area (Å²) in [4.78, 5) is 18.6. The highest BCUT2D eigenvalue weighted by atomic mass is 32.2. The van der Waals surface area contributed by atoms with Crippen molar-refractivity contribution in [2.75, 3.05) is 12.4 Å². The SMILES string of the molecule is Cc1cc(Nc2ncc3ccc(-c4ccccc4CN(C)S(=O)[O-])n3n2)cc2oc(=O)[nH]c12. The Morgan fingerprint density at radius 1 is 1.24 bits per heavy atom. The summed E-state index contributed by atoms with van der Waals surface area (Å²) in [6, 6.07) is 15.0. The average molecular weight is 463 g/mol. The number of nitrogens with one attached hydrogen (secondary N) is 2. The Hall–Kier alpha value is -3.80. The van der Waals surface area contributed by atoms with Gasteiger partial charge in [0.05, 0.1) is 22.9 Å². The molecule has 5 aromatic rings. The zero-order chi connectivity index (χ0) is 23.1.